The maximum atomic E-state index is 11.6. The van der Waals surface area contributed by atoms with Gasteiger partial charge >= 0.3 is 12.1 Å². The van der Waals surface area contributed by atoms with Gasteiger partial charge in [-0.2, -0.15) is 0 Å². The summed E-state index contributed by atoms with van der Waals surface area (Å²) in [7, 11) is 0. The van der Waals surface area contributed by atoms with Crippen LogP contribution in [0, 0.1) is 17.3 Å². The van der Waals surface area contributed by atoms with Crippen molar-refractivity contribution in [2.24, 2.45) is 17.3 Å². The average molecular weight is 269 g/mol. The van der Waals surface area contributed by atoms with E-state index in [1.807, 2.05) is 20.8 Å². The number of carboxylic acid groups (broad SMARTS) is 1. The highest BCUT2D eigenvalue weighted by molar-refractivity contribution is 5.73. The molecule has 0 aromatic carbocycles. The van der Waals surface area contributed by atoms with Gasteiger partial charge in [-0.25, -0.2) is 4.79 Å². The van der Waals surface area contributed by atoms with E-state index in [-0.39, 0.29) is 17.3 Å². The summed E-state index contributed by atoms with van der Waals surface area (Å²) in [5, 5.41) is 11.9. The van der Waals surface area contributed by atoms with Crippen LogP contribution in [0.3, 0.4) is 0 Å². The predicted molar refractivity (Wildman–Crippen MR) is 69.8 cm³/mol. The Labute approximate surface area is 113 Å². The van der Waals surface area contributed by atoms with Crippen molar-refractivity contribution in [3.8, 4) is 0 Å². The van der Waals surface area contributed by atoms with Crippen molar-refractivity contribution in [1.82, 2.24) is 5.32 Å². The molecule has 2 rings (SSSR count). The first kappa shape index (κ1) is 14.2. The fourth-order valence-corrected chi connectivity index (χ4v) is 3.37. The van der Waals surface area contributed by atoms with Crippen molar-refractivity contribution < 1.29 is 19.4 Å². The number of rotatable bonds is 3. The Morgan fingerprint density at radius 1 is 1.37 bits per heavy atom. The minimum atomic E-state index is -0.687. The Morgan fingerprint density at radius 2 is 2.00 bits per heavy atom. The monoisotopic (exact) mass is 269 g/mol. The smallest absolute Gasteiger partial charge is 0.407 e. The standard InChI is InChI=1S/C14H23NO4/c1-13(2,3)19-12(18)15-8-9-7-10(11(16)17)14(9)5-4-6-14/h9-10H,4-8H2,1-3H3,(H,15,18)(H,16,17). The maximum Gasteiger partial charge on any atom is 0.407 e. The number of amides is 1. The van der Waals surface area contributed by atoms with Gasteiger partial charge in [0.2, 0.25) is 0 Å². The van der Waals surface area contributed by atoms with E-state index in [2.05, 4.69) is 5.32 Å². The van der Waals surface area contributed by atoms with Gasteiger partial charge in [-0.1, -0.05) is 6.42 Å². The second kappa shape index (κ2) is 4.69. The summed E-state index contributed by atoms with van der Waals surface area (Å²) in [5.41, 5.74) is -0.553. The van der Waals surface area contributed by atoms with Crippen LogP contribution in [0.4, 0.5) is 4.79 Å². The minimum Gasteiger partial charge on any atom is -0.481 e. The van der Waals surface area contributed by atoms with E-state index >= 15 is 0 Å². The lowest BCUT2D eigenvalue weighted by atomic mass is 9.44. The van der Waals surface area contributed by atoms with E-state index in [1.165, 1.54) is 0 Å². The fourth-order valence-electron chi connectivity index (χ4n) is 3.37. The van der Waals surface area contributed by atoms with E-state index < -0.39 is 17.7 Å². The molecule has 108 valence electrons. The summed E-state index contributed by atoms with van der Waals surface area (Å²) in [5.74, 6) is -0.616. The third-order valence-electron chi connectivity index (χ3n) is 4.50. The molecule has 2 atom stereocenters. The fraction of sp³-hybridized carbons (Fsp3) is 0.857. The zero-order valence-electron chi connectivity index (χ0n) is 11.9. The molecule has 2 N–H and O–H groups in total. The molecular weight excluding hydrogens is 246 g/mol. The largest absolute Gasteiger partial charge is 0.481 e. The third-order valence-corrected chi connectivity index (χ3v) is 4.50. The van der Waals surface area contributed by atoms with Crippen LogP contribution >= 0.6 is 0 Å². The summed E-state index contributed by atoms with van der Waals surface area (Å²) in [6, 6.07) is 0. The lowest BCUT2D eigenvalue weighted by Crippen LogP contribution is -2.59. The van der Waals surface area contributed by atoms with Gasteiger partial charge in [0.25, 0.3) is 0 Å². The Kier molecular flexibility index (Phi) is 3.49. The quantitative estimate of drug-likeness (QED) is 0.825. The van der Waals surface area contributed by atoms with E-state index in [0.29, 0.717) is 13.0 Å². The van der Waals surface area contributed by atoms with Crippen LogP contribution in [-0.4, -0.2) is 29.3 Å². The highest BCUT2D eigenvalue weighted by Crippen LogP contribution is 2.63. The second-order valence-electron chi connectivity index (χ2n) is 6.79. The minimum absolute atomic E-state index is 0.0547. The van der Waals surface area contributed by atoms with Gasteiger partial charge in [-0.15, -0.1) is 0 Å². The van der Waals surface area contributed by atoms with Crippen LogP contribution in [-0.2, 0) is 9.53 Å². The van der Waals surface area contributed by atoms with Crippen molar-refractivity contribution in [3.05, 3.63) is 0 Å². The SMILES string of the molecule is CC(C)(C)OC(=O)NCC1CC(C(=O)O)C12CCC2. The van der Waals surface area contributed by atoms with Gasteiger partial charge in [-0.3, -0.25) is 4.79 Å². The molecule has 1 spiro atoms. The number of ether oxygens (including phenoxy) is 1. The van der Waals surface area contributed by atoms with Crippen LogP contribution in [0.25, 0.3) is 0 Å². The van der Waals surface area contributed by atoms with Crippen LogP contribution < -0.4 is 5.32 Å². The Morgan fingerprint density at radius 3 is 2.42 bits per heavy atom. The highest BCUT2D eigenvalue weighted by Gasteiger charge is 2.60. The van der Waals surface area contributed by atoms with Crippen molar-refractivity contribution >= 4 is 12.1 Å². The molecule has 5 nitrogen and oxygen atoms in total. The van der Waals surface area contributed by atoms with Crippen LogP contribution in [0.1, 0.15) is 46.5 Å². The van der Waals surface area contributed by atoms with Crippen LogP contribution in [0.2, 0.25) is 0 Å². The number of hydrogen-bond donors (Lipinski definition) is 2. The predicted octanol–water partition coefficient (Wildman–Crippen LogP) is 2.40. The molecule has 1 amide bonds. The molecule has 0 aromatic heterocycles. The number of alkyl carbamates (subject to hydrolysis) is 1. The Bertz CT molecular complexity index is 381. The number of carbonyl (C=O) groups is 2. The molecule has 2 unspecified atom stereocenters. The van der Waals surface area contributed by atoms with Crippen molar-refractivity contribution in [3.63, 3.8) is 0 Å². The molecule has 2 aliphatic rings. The average Bonchev–Trinajstić information content (AvgIpc) is 2.09. The molecule has 0 aliphatic heterocycles. The molecule has 5 heteroatoms. The zero-order valence-corrected chi connectivity index (χ0v) is 11.9. The second-order valence-corrected chi connectivity index (χ2v) is 6.79. The number of carbonyl (C=O) groups excluding carboxylic acids is 1. The molecule has 0 saturated heterocycles. The molecule has 19 heavy (non-hydrogen) atoms. The number of carboxylic acids is 1. The Balaban J connectivity index is 1.82. The summed E-state index contributed by atoms with van der Waals surface area (Å²) >= 11 is 0. The van der Waals surface area contributed by atoms with Crippen molar-refractivity contribution in [1.29, 1.82) is 0 Å². The molecule has 0 aromatic rings. The van der Waals surface area contributed by atoms with E-state index in [0.717, 1.165) is 19.3 Å². The van der Waals surface area contributed by atoms with Crippen LogP contribution in [0.15, 0.2) is 0 Å². The summed E-state index contributed by atoms with van der Waals surface area (Å²) in [4.78, 5) is 22.7. The summed E-state index contributed by atoms with van der Waals surface area (Å²) in [6.07, 6.45) is 3.31. The van der Waals surface area contributed by atoms with E-state index in [1.54, 1.807) is 0 Å². The van der Waals surface area contributed by atoms with Gasteiger partial charge in [0.1, 0.15) is 5.60 Å². The lowest BCUT2D eigenvalue weighted by molar-refractivity contribution is -0.175. The normalized spacial score (nSPS) is 28.2. The Hall–Kier alpha value is -1.26. The summed E-state index contributed by atoms with van der Waals surface area (Å²) in [6.45, 7) is 6.00. The maximum absolute atomic E-state index is 11.6. The molecule has 0 heterocycles. The number of hydrogen-bond acceptors (Lipinski definition) is 3. The molecule has 0 bridgehead atoms. The van der Waals surface area contributed by atoms with E-state index in [4.69, 9.17) is 9.84 Å². The number of aliphatic carboxylic acids is 1. The summed E-state index contributed by atoms with van der Waals surface area (Å²) < 4.78 is 5.18. The molecule has 0 radical (unpaired) electrons. The van der Waals surface area contributed by atoms with Crippen molar-refractivity contribution in [2.75, 3.05) is 6.54 Å². The zero-order chi connectivity index (χ0) is 14.3. The van der Waals surface area contributed by atoms with Gasteiger partial charge in [-0.05, 0) is 51.4 Å². The lowest BCUT2D eigenvalue weighted by Gasteiger charge is -2.60. The molecule has 2 aliphatic carbocycles. The van der Waals surface area contributed by atoms with Gasteiger partial charge < -0.3 is 15.2 Å². The van der Waals surface area contributed by atoms with Gasteiger partial charge in [0.15, 0.2) is 0 Å². The topological polar surface area (TPSA) is 75.6 Å². The third kappa shape index (κ3) is 2.69. The first-order valence-electron chi connectivity index (χ1n) is 6.94. The molecular formula is C14H23NO4. The molecule has 2 fully saturated rings. The number of nitrogens with one attached hydrogen (secondary N) is 1. The van der Waals surface area contributed by atoms with Gasteiger partial charge in [0.05, 0.1) is 5.92 Å². The van der Waals surface area contributed by atoms with Crippen LogP contribution in [0.5, 0.6) is 0 Å². The van der Waals surface area contributed by atoms with Gasteiger partial charge in [0, 0.05) is 6.54 Å². The van der Waals surface area contributed by atoms with E-state index in [9.17, 15) is 9.59 Å². The molecule has 2 saturated carbocycles. The first-order chi connectivity index (χ1) is 8.74. The first-order valence-corrected chi connectivity index (χ1v) is 6.94. The highest BCUT2D eigenvalue weighted by atomic mass is 16.6. The van der Waals surface area contributed by atoms with Crippen molar-refractivity contribution in [2.45, 2.75) is 52.1 Å².